The number of rotatable bonds is 4. The maximum absolute atomic E-state index is 4.99. The molecule has 0 saturated heterocycles. The predicted octanol–water partition coefficient (Wildman–Crippen LogP) is 12.6. The van der Waals surface area contributed by atoms with Gasteiger partial charge in [0.15, 0.2) is 17.5 Å². The van der Waals surface area contributed by atoms with Crippen molar-refractivity contribution in [3.63, 3.8) is 0 Å². The van der Waals surface area contributed by atoms with Crippen LogP contribution >= 0.6 is 11.3 Å². The summed E-state index contributed by atoms with van der Waals surface area (Å²) in [5, 5.41) is 10.2. The summed E-state index contributed by atoms with van der Waals surface area (Å²) in [6, 6.07) is 60.1. The molecular formula is C47H28N4S. The molecule has 0 radical (unpaired) electrons. The maximum atomic E-state index is 4.99. The molecular weight excluding hydrogens is 653 g/mol. The summed E-state index contributed by atoms with van der Waals surface area (Å²) in [4.78, 5) is 14.9. The Bertz CT molecular complexity index is 3100. The number of nitrogens with zero attached hydrogens (tertiary/aromatic N) is 4. The lowest BCUT2D eigenvalue weighted by atomic mass is 9.96. The van der Waals surface area contributed by atoms with E-state index in [9.17, 15) is 0 Å². The van der Waals surface area contributed by atoms with Crippen molar-refractivity contribution in [1.29, 1.82) is 0 Å². The third-order valence-electron chi connectivity index (χ3n) is 10.2. The lowest BCUT2D eigenvalue weighted by molar-refractivity contribution is 1.07. The number of thiophene rings is 1. The molecule has 0 atom stereocenters. The first kappa shape index (κ1) is 29.1. The van der Waals surface area contributed by atoms with Crippen molar-refractivity contribution >= 4 is 74.9 Å². The van der Waals surface area contributed by atoms with Crippen LogP contribution in [0.2, 0.25) is 0 Å². The molecule has 11 aromatic rings. The Morgan fingerprint density at radius 2 is 0.865 bits per heavy atom. The van der Waals surface area contributed by atoms with Crippen LogP contribution in [0.1, 0.15) is 0 Å². The van der Waals surface area contributed by atoms with E-state index in [1.807, 2.05) is 72.0 Å². The fourth-order valence-corrected chi connectivity index (χ4v) is 9.15. The zero-order chi connectivity index (χ0) is 34.2. The molecule has 52 heavy (non-hydrogen) atoms. The lowest BCUT2D eigenvalue weighted by Crippen LogP contribution is -2.00. The number of hydrogen-bond donors (Lipinski definition) is 0. The minimum atomic E-state index is 0.643. The van der Waals surface area contributed by atoms with Crippen LogP contribution in [0.15, 0.2) is 170 Å². The van der Waals surface area contributed by atoms with Crippen molar-refractivity contribution in [2.24, 2.45) is 0 Å². The Labute approximate surface area is 302 Å². The van der Waals surface area contributed by atoms with Crippen LogP contribution < -0.4 is 0 Å². The molecule has 0 aliphatic heterocycles. The Morgan fingerprint density at radius 1 is 0.365 bits per heavy atom. The highest BCUT2D eigenvalue weighted by Crippen LogP contribution is 2.47. The van der Waals surface area contributed by atoms with Crippen LogP contribution in [0, 0.1) is 0 Å². The van der Waals surface area contributed by atoms with E-state index >= 15 is 0 Å². The zero-order valence-corrected chi connectivity index (χ0v) is 28.7. The zero-order valence-electron chi connectivity index (χ0n) is 27.9. The third-order valence-corrected chi connectivity index (χ3v) is 11.4. The first-order chi connectivity index (χ1) is 25.8. The Morgan fingerprint density at radius 3 is 1.50 bits per heavy atom. The van der Waals surface area contributed by atoms with E-state index in [2.05, 4.69) is 114 Å². The Hall–Kier alpha value is -6.69. The molecule has 0 bridgehead atoms. The number of hydrogen-bond acceptors (Lipinski definition) is 4. The van der Waals surface area contributed by atoms with Crippen molar-refractivity contribution < 1.29 is 0 Å². The summed E-state index contributed by atoms with van der Waals surface area (Å²) in [7, 11) is 0. The van der Waals surface area contributed by atoms with E-state index in [0.717, 1.165) is 22.4 Å². The van der Waals surface area contributed by atoms with Gasteiger partial charge < -0.3 is 4.57 Å². The highest BCUT2D eigenvalue weighted by atomic mass is 32.1. The van der Waals surface area contributed by atoms with Gasteiger partial charge in [0.25, 0.3) is 0 Å². The largest absolute Gasteiger partial charge is 0.309 e. The Kier molecular flexibility index (Phi) is 6.39. The molecule has 0 N–H and O–H groups in total. The maximum Gasteiger partial charge on any atom is 0.164 e. The minimum Gasteiger partial charge on any atom is -0.309 e. The third kappa shape index (κ3) is 4.36. The van der Waals surface area contributed by atoms with E-state index in [0.29, 0.717) is 17.5 Å². The second-order valence-corrected chi connectivity index (χ2v) is 14.2. The van der Waals surface area contributed by atoms with Gasteiger partial charge in [0.1, 0.15) is 0 Å². The molecule has 3 heterocycles. The summed E-state index contributed by atoms with van der Waals surface area (Å²) in [5.41, 5.74) is 6.35. The summed E-state index contributed by atoms with van der Waals surface area (Å²) < 4.78 is 5.10. The van der Waals surface area contributed by atoms with Gasteiger partial charge in [-0.15, -0.1) is 11.3 Å². The monoisotopic (exact) mass is 680 g/mol. The summed E-state index contributed by atoms with van der Waals surface area (Å²) in [6.07, 6.45) is 0. The van der Waals surface area contributed by atoms with Gasteiger partial charge in [-0.1, -0.05) is 133 Å². The fourth-order valence-electron chi connectivity index (χ4n) is 7.90. The highest BCUT2D eigenvalue weighted by molar-refractivity contribution is 7.26. The molecule has 4 nitrogen and oxygen atoms in total. The van der Waals surface area contributed by atoms with Crippen molar-refractivity contribution in [2.75, 3.05) is 0 Å². The van der Waals surface area contributed by atoms with Gasteiger partial charge in [-0.2, -0.15) is 0 Å². The first-order valence-electron chi connectivity index (χ1n) is 17.5. The topological polar surface area (TPSA) is 43.6 Å². The van der Waals surface area contributed by atoms with Crippen molar-refractivity contribution in [1.82, 2.24) is 19.5 Å². The first-order valence-corrected chi connectivity index (χ1v) is 18.3. The van der Waals surface area contributed by atoms with Crippen LogP contribution in [-0.2, 0) is 0 Å². The van der Waals surface area contributed by atoms with E-state index in [1.54, 1.807) is 0 Å². The standard InChI is InChI=1S/C47H28N4S/c1-3-13-29(14-4-1)45-48-46(30-15-5-2-6-16-30)50-47(49-45)31-23-25-32(26-24-31)51-39-28-27-38-35-19-11-12-22-40(35)52-44(38)42(39)41-36-20-9-7-17-33(36)34-18-8-10-21-37(34)43(41)51/h1-28H. The molecule has 0 aliphatic rings. The molecule has 0 unspecified atom stereocenters. The quantitative estimate of drug-likeness (QED) is 0.174. The van der Waals surface area contributed by atoms with Crippen molar-refractivity contribution in [3.05, 3.63) is 170 Å². The minimum absolute atomic E-state index is 0.643. The average molecular weight is 681 g/mol. The molecule has 0 saturated carbocycles. The molecule has 0 fully saturated rings. The van der Waals surface area contributed by atoms with E-state index < -0.39 is 0 Å². The van der Waals surface area contributed by atoms with Crippen LogP contribution in [0.3, 0.4) is 0 Å². The van der Waals surface area contributed by atoms with E-state index in [4.69, 9.17) is 15.0 Å². The predicted molar refractivity (Wildman–Crippen MR) is 218 cm³/mol. The summed E-state index contributed by atoms with van der Waals surface area (Å²) >= 11 is 1.89. The van der Waals surface area contributed by atoms with Crippen LogP contribution in [0.25, 0.3) is 103 Å². The molecule has 0 aliphatic carbocycles. The molecule has 5 heteroatoms. The van der Waals surface area contributed by atoms with E-state index in [1.165, 1.54) is 63.5 Å². The summed E-state index contributed by atoms with van der Waals surface area (Å²) in [6.45, 7) is 0. The van der Waals surface area contributed by atoms with Gasteiger partial charge in [-0.25, -0.2) is 15.0 Å². The van der Waals surface area contributed by atoms with Crippen molar-refractivity contribution in [2.45, 2.75) is 0 Å². The number of aromatic nitrogens is 4. The fraction of sp³-hybridized carbons (Fsp3) is 0. The highest BCUT2D eigenvalue weighted by Gasteiger charge is 2.22. The van der Waals surface area contributed by atoms with Crippen LogP contribution in [0.4, 0.5) is 0 Å². The molecule has 0 amide bonds. The number of benzene rings is 8. The molecule has 0 spiro atoms. The van der Waals surface area contributed by atoms with Gasteiger partial charge in [0, 0.05) is 58.7 Å². The van der Waals surface area contributed by atoms with Gasteiger partial charge in [-0.3, -0.25) is 0 Å². The van der Waals surface area contributed by atoms with Crippen molar-refractivity contribution in [3.8, 4) is 39.9 Å². The normalized spacial score (nSPS) is 11.8. The smallest absolute Gasteiger partial charge is 0.164 e. The van der Waals surface area contributed by atoms with Gasteiger partial charge in [0.2, 0.25) is 0 Å². The number of fused-ring (bicyclic) bond motifs is 12. The lowest BCUT2D eigenvalue weighted by Gasteiger charge is -2.13. The van der Waals surface area contributed by atoms with Gasteiger partial charge >= 0.3 is 0 Å². The molecule has 11 rings (SSSR count). The van der Waals surface area contributed by atoms with Crippen LogP contribution in [-0.4, -0.2) is 19.5 Å². The second kappa shape index (κ2) is 11.4. The molecule has 242 valence electrons. The average Bonchev–Trinajstić information content (AvgIpc) is 3.78. The Balaban J connectivity index is 1.18. The van der Waals surface area contributed by atoms with Gasteiger partial charge in [-0.05, 0) is 52.6 Å². The van der Waals surface area contributed by atoms with Gasteiger partial charge in [0.05, 0.1) is 11.0 Å². The van der Waals surface area contributed by atoms with E-state index in [-0.39, 0.29) is 0 Å². The summed E-state index contributed by atoms with van der Waals surface area (Å²) in [5.74, 6) is 1.95. The molecule has 8 aromatic carbocycles. The molecule has 3 aromatic heterocycles. The van der Waals surface area contributed by atoms with Crippen LogP contribution in [0.5, 0.6) is 0 Å². The SMILES string of the molecule is c1ccc(-c2nc(-c3ccccc3)nc(-c3ccc(-n4c5ccc6c7ccccc7sc6c5c5c6ccccc6c6ccccc6c54)cc3)n2)cc1. The second-order valence-electron chi connectivity index (χ2n) is 13.2.